The molecule has 0 radical (unpaired) electrons. The van der Waals surface area contributed by atoms with E-state index in [9.17, 15) is 9.18 Å². The third-order valence-corrected chi connectivity index (χ3v) is 5.16. The molecule has 150 valence electrons. The number of rotatable bonds is 4. The number of likely N-dealkylation sites (tertiary alicyclic amines) is 1. The summed E-state index contributed by atoms with van der Waals surface area (Å²) in [5.74, 6) is 0.565. The second kappa shape index (κ2) is 8.08. The molecular weight excluding hydrogens is 371 g/mol. The van der Waals surface area contributed by atoms with Crippen LogP contribution in [0.3, 0.4) is 0 Å². The molecule has 29 heavy (non-hydrogen) atoms. The summed E-state index contributed by atoms with van der Waals surface area (Å²) < 4.78 is 13.7. The van der Waals surface area contributed by atoms with Crippen LogP contribution in [0.15, 0.2) is 36.4 Å². The van der Waals surface area contributed by atoms with Crippen LogP contribution in [0.5, 0.6) is 0 Å². The maximum Gasteiger partial charge on any atom is 0.238 e. The van der Waals surface area contributed by atoms with Crippen molar-refractivity contribution in [3.05, 3.63) is 53.7 Å². The number of fused-ring (bicyclic) bond motifs is 1. The van der Waals surface area contributed by atoms with Gasteiger partial charge in [0.15, 0.2) is 5.65 Å². The summed E-state index contributed by atoms with van der Waals surface area (Å²) in [7, 11) is 0. The summed E-state index contributed by atoms with van der Waals surface area (Å²) in [5, 5.41) is 3.39. The number of hydrogen-bond acceptors (Lipinski definition) is 6. The van der Waals surface area contributed by atoms with Crippen LogP contribution in [0, 0.1) is 12.7 Å². The zero-order chi connectivity index (χ0) is 20.4. The molecule has 3 heterocycles. The van der Waals surface area contributed by atoms with Gasteiger partial charge >= 0.3 is 0 Å². The predicted molar refractivity (Wildman–Crippen MR) is 110 cm³/mol. The number of carbonyl (C=O) groups excluding carboxylic acids is 1. The summed E-state index contributed by atoms with van der Waals surface area (Å²) in [4.78, 5) is 27.7. The Bertz CT molecular complexity index is 1060. The average molecular weight is 394 g/mol. The Balaban J connectivity index is 1.45. The normalized spacial score (nSPS) is 17.4. The molecule has 1 fully saturated rings. The molecule has 1 unspecified atom stereocenters. The number of benzene rings is 1. The second-order valence-electron chi connectivity index (χ2n) is 7.37. The summed E-state index contributed by atoms with van der Waals surface area (Å²) in [6.45, 7) is 3.54. The van der Waals surface area contributed by atoms with Gasteiger partial charge in [0.25, 0.3) is 0 Å². The minimum Gasteiger partial charge on any atom is -0.383 e. The van der Waals surface area contributed by atoms with Gasteiger partial charge in [-0.05, 0) is 50.6 Å². The van der Waals surface area contributed by atoms with Crippen LogP contribution >= 0.6 is 0 Å². The number of halogens is 1. The summed E-state index contributed by atoms with van der Waals surface area (Å²) >= 11 is 0. The number of pyridine rings is 1. The predicted octanol–water partition coefficient (Wildman–Crippen LogP) is 2.87. The van der Waals surface area contributed by atoms with Gasteiger partial charge in [-0.15, -0.1) is 0 Å². The molecule has 1 saturated heterocycles. The number of anilines is 2. The van der Waals surface area contributed by atoms with Crippen LogP contribution in [0.25, 0.3) is 11.0 Å². The van der Waals surface area contributed by atoms with Crippen molar-refractivity contribution in [1.29, 1.82) is 0 Å². The third kappa shape index (κ3) is 4.32. The molecule has 0 saturated carbocycles. The quantitative estimate of drug-likeness (QED) is 0.706. The number of nitrogens with one attached hydrogen (secondary N) is 1. The fraction of sp³-hybridized carbons (Fsp3) is 0.333. The number of aryl methyl sites for hydroxylation is 1. The molecular formula is C21H23FN6O. The van der Waals surface area contributed by atoms with E-state index in [2.05, 4.69) is 20.2 Å². The van der Waals surface area contributed by atoms with Crippen molar-refractivity contribution < 1.29 is 9.18 Å². The number of amides is 1. The number of hydrogen-bond donors (Lipinski definition) is 2. The van der Waals surface area contributed by atoms with Crippen LogP contribution in [0.2, 0.25) is 0 Å². The van der Waals surface area contributed by atoms with Gasteiger partial charge in [-0.2, -0.15) is 0 Å². The number of nitrogens with zero attached hydrogens (tertiary/aromatic N) is 4. The first-order valence-electron chi connectivity index (χ1n) is 9.67. The molecule has 3 N–H and O–H groups in total. The SMILES string of the molecule is Cc1nc(N)c2ccc(C3CCCN(CC(=O)Nc4ccccc4F)C3)nc2n1. The number of nitrogen functional groups attached to an aromatic ring is 1. The average Bonchev–Trinajstić information content (AvgIpc) is 2.69. The number of carbonyl (C=O) groups is 1. The van der Waals surface area contributed by atoms with E-state index in [1.165, 1.54) is 6.07 Å². The third-order valence-electron chi connectivity index (χ3n) is 5.16. The maximum atomic E-state index is 13.7. The van der Waals surface area contributed by atoms with E-state index in [0.717, 1.165) is 30.5 Å². The smallest absolute Gasteiger partial charge is 0.238 e. The minimum atomic E-state index is -0.436. The Labute approximate surface area is 168 Å². The molecule has 3 aromatic rings. The van der Waals surface area contributed by atoms with Crippen molar-refractivity contribution in [1.82, 2.24) is 19.9 Å². The Hall–Kier alpha value is -3.13. The van der Waals surface area contributed by atoms with Gasteiger partial charge in [0.05, 0.1) is 17.6 Å². The largest absolute Gasteiger partial charge is 0.383 e. The van der Waals surface area contributed by atoms with E-state index >= 15 is 0 Å². The van der Waals surface area contributed by atoms with Gasteiger partial charge in [-0.3, -0.25) is 9.69 Å². The molecule has 1 aliphatic heterocycles. The number of piperidine rings is 1. The van der Waals surface area contributed by atoms with Crippen LogP contribution in [0.1, 0.15) is 30.3 Å². The molecule has 7 nitrogen and oxygen atoms in total. The molecule has 2 aromatic heterocycles. The molecule has 1 amide bonds. The Morgan fingerprint density at radius 2 is 2.07 bits per heavy atom. The first-order chi connectivity index (χ1) is 14.0. The highest BCUT2D eigenvalue weighted by molar-refractivity contribution is 5.92. The molecule has 0 spiro atoms. The van der Waals surface area contributed by atoms with E-state index in [-0.39, 0.29) is 24.1 Å². The molecule has 0 bridgehead atoms. The number of para-hydroxylation sites is 1. The zero-order valence-electron chi connectivity index (χ0n) is 16.2. The van der Waals surface area contributed by atoms with Crippen molar-refractivity contribution in [2.75, 3.05) is 30.7 Å². The molecule has 0 aliphatic carbocycles. The molecule has 8 heteroatoms. The molecule has 1 aromatic carbocycles. The fourth-order valence-electron chi connectivity index (χ4n) is 3.78. The lowest BCUT2D eigenvalue weighted by molar-refractivity contribution is -0.117. The summed E-state index contributed by atoms with van der Waals surface area (Å²) in [5.41, 5.74) is 7.71. The lowest BCUT2D eigenvalue weighted by Gasteiger charge is -2.32. The van der Waals surface area contributed by atoms with Gasteiger partial charge < -0.3 is 11.1 Å². The standard InChI is InChI=1S/C21H23FN6O/c1-13-24-20(23)15-8-9-17(27-21(15)25-13)14-5-4-10-28(11-14)12-19(29)26-18-7-3-2-6-16(18)22/h2-3,6-9,14H,4-5,10-12H2,1H3,(H,26,29)(H2,23,24,25,27). The van der Waals surface area contributed by atoms with Crippen molar-refractivity contribution in [3.63, 3.8) is 0 Å². The minimum absolute atomic E-state index is 0.200. The van der Waals surface area contributed by atoms with Crippen molar-refractivity contribution >= 4 is 28.4 Å². The fourth-order valence-corrected chi connectivity index (χ4v) is 3.78. The Morgan fingerprint density at radius 3 is 2.90 bits per heavy atom. The molecule has 1 aliphatic rings. The first kappa shape index (κ1) is 19.2. The highest BCUT2D eigenvalue weighted by Gasteiger charge is 2.24. The summed E-state index contributed by atoms with van der Waals surface area (Å²) in [6, 6.07) is 10.0. The highest BCUT2D eigenvalue weighted by Crippen LogP contribution is 2.27. The van der Waals surface area contributed by atoms with Gasteiger partial charge in [0, 0.05) is 18.2 Å². The lowest BCUT2D eigenvalue weighted by Crippen LogP contribution is -2.40. The summed E-state index contributed by atoms with van der Waals surface area (Å²) in [6.07, 6.45) is 1.95. The van der Waals surface area contributed by atoms with E-state index in [1.54, 1.807) is 25.1 Å². The van der Waals surface area contributed by atoms with Gasteiger partial charge in [-0.25, -0.2) is 19.3 Å². The topological polar surface area (TPSA) is 97.0 Å². The number of nitrogens with two attached hydrogens (primary N) is 1. The van der Waals surface area contributed by atoms with Gasteiger partial charge in [0.2, 0.25) is 5.91 Å². The van der Waals surface area contributed by atoms with Crippen LogP contribution < -0.4 is 11.1 Å². The van der Waals surface area contributed by atoms with Gasteiger partial charge in [0.1, 0.15) is 17.5 Å². The monoisotopic (exact) mass is 394 g/mol. The van der Waals surface area contributed by atoms with Crippen molar-refractivity contribution in [2.45, 2.75) is 25.7 Å². The van der Waals surface area contributed by atoms with E-state index in [4.69, 9.17) is 10.7 Å². The molecule has 1 atom stereocenters. The van der Waals surface area contributed by atoms with Crippen LogP contribution in [0.4, 0.5) is 15.9 Å². The number of aromatic nitrogens is 3. The Kier molecular flexibility index (Phi) is 5.35. The lowest BCUT2D eigenvalue weighted by atomic mass is 9.94. The maximum absolute atomic E-state index is 13.7. The van der Waals surface area contributed by atoms with E-state index < -0.39 is 5.82 Å². The van der Waals surface area contributed by atoms with Crippen molar-refractivity contribution in [2.24, 2.45) is 0 Å². The highest BCUT2D eigenvalue weighted by atomic mass is 19.1. The second-order valence-corrected chi connectivity index (χ2v) is 7.37. The first-order valence-corrected chi connectivity index (χ1v) is 9.67. The van der Waals surface area contributed by atoms with Crippen molar-refractivity contribution in [3.8, 4) is 0 Å². The zero-order valence-corrected chi connectivity index (χ0v) is 16.2. The van der Waals surface area contributed by atoms with Crippen LogP contribution in [-0.2, 0) is 4.79 Å². The van der Waals surface area contributed by atoms with Gasteiger partial charge in [-0.1, -0.05) is 12.1 Å². The van der Waals surface area contributed by atoms with Crippen LogP contribution in [-0.4, -0.2) is 45.4 Å². The van der Waals surface area contributed by atoms with E-state index in [1.807, 2.05) is 12.1 Å². The molecule has 4 rings (SSSR count). The van der Waals surface area contributed by atoms with E-state index in [0.29, 0.717) is 23.8 Å². The Morgan fingerprint density at radius 1 is 1.24 bits per heavy atom.